The van der Waals surface area contributed by atoms with Crippen LogP contribution in [0.25, 0.3) is 5.52 Å². The lowest BCUT2D eigenvalue weighted by atomic mass is 10.0. The van der Waals surface area contributed by atoms with E-state index in [0.717, 1.165) is 59.7 Å². The van der Waals surface area contributed by atoms with Crippen LogP contribution in [0, 0.1) is 12.3 Å². The third-order valence-electron chi connectivity index (χ3n) is 6.14. The van der Waals surface area contributed by atoms with Crippen molar-refractivity contribution in [2.24, 2.45) is 4.99 Å². The van der Waals surface area contributed by atoms with Crippen molar-refractivity contribution in [3.63, 3.8) is 0 Å². The zero-order chi connectivity index (χ0) is 26.3. The molecular formula is C27H34IN8O+. The molecule has 10 heteroatoms. The highest BCUT2D eigenvalue weighted by molar-refractivity contribution is 14.1. The summed E-state index contributed by atoms with van der Waals surface area (Å²) in [5.74, 6) is 2.86. The van der Waals surface area contributed by atoms with Crippen molar-refractivity contribution in [3.8, 4) is 5.75 Å². The van der Waals surface area contributed by atoms with Gasteiger partial charge in [-0.15, -0.1) is 0 Å². The highest BCUT2D eigenvalue weighted by Crippen LogP contribution is 2.29. The molecule has 1 aliphatic heterocycles. The van der Waals surface area contributed by atoms with E-state index >= 15 is 0 Å². The van der Waals surface area contributed by atoms with Crippen molar-refractivity contribution in [1.82, 2.24) is 19.9 Å². The van der Waals surface area contributed by atoms with Gasteiger partial charge in [0.25, 0.3) is 0 Å². The highest BCUT2D eigenvalue weighted by atomic mass is 127. The molecule has 0 amide bonds. The van der Waals surface area contributed by atoms with E-state index in [1.54, 1.807) is 12.4 Å². The van der Waals surface area contributed by atoms with Crippen LogP contribution >= 0.6 is 22.6 Å². The number of alkyl halides is 1. The van der Waals surface area contributed by atoms with Gasteiger partial charge in [-0.2, -0.15) is 10.1 Å². The van der Waals surface area contributed by atoms with E-state index in [4.69, 9.17) is 10.1 Å². The van der Waals surface area contributed by atoms with Gasteiger partial charge in [-0.1, -0.05) is 42.9 Å². The maximum Gasteiger partial charge on any atom is 0.234 e. The molecule has 0 fully saturated rings. The molecule has 5 N–H and O–H groups in total. The maximum absolute atomic E-state index is 7.16. The summed E-state index contributed by atoms with van der Waals surface area (Å²) in [7, 11) is 0. The van der Waals surface area contributed by atoms with Gasteiger partial charge in [0.15, 0.2) is 5.82 Å². The number of aromatic nitrogens is 3. The number of nitrogens with two attached hydrogens (primary N) is 1. The lowest BCUT2D eigenvalue weighted by Gasteiger charge is -2.21. The third kappa shape index (κ3) is 7.24. The SMILES string of the molecule is CCCC(C)(I)CCNCc1ccn2ncnc(Nc3ccc(OC4=CC(=NC=N)[NH2+]C=C4)c(C)c3)c12. The molecule has 0 spiro atoms. The number of aryl methyl sites for hydroxylation is 1. The molecule has 4 rings (SSSR count). The quantitative estimate of drug-likeness (QED) is 0.0783. The molecule has 194 valence electrons. The number of nitrogens with zero attached hydrogens (tertiary/aromatic N) is 4. The third-order valence-corrected chi connectivity index (χ3v) is 7.22. The molecule has 9 nitrogen and oxygen atoms in total. The molecule has 1 atom stereocenters. The number of fused-ring (bicyclic) bond motifs is 1. The van der Waals surface area contributed by atoms with E-state index in [0.29, 0.717) is 15.0 Å². The molecule has 3 heterocycles. The molecule has 0 saturated carbocycles. The van der Waals surface area contributed by atoms with E-state index in [1.165, 1.54) is 12.8 Å². The minimum Gasteiger partial charge on any atom is -0.457 e. The first kappa shape index (κ1) is 27.0. The predicted octanol–water partition coefficient (Wildman–Crippen LogP) is 4.61. The number of benzene rings is 1. The zero-order valence-electron chi connectivity index (χ0n) is 21.5. The van der Waals surface area contributed by atoms with Gasteiger partial charge in [-0.05, 0) is 61.7 Å². The number of hydrogen-bond donors (Lipinski definition) is 4. The van der Waals surface area contributed by atoms with Gasteiger partial charge in [0, 0.05) is 27.9 Å². The summed E-state index contributed by atoms with van der Waals surface area (Å²) in [5.41, 5.74) is 4.01. The van der Waals surface area contributed by atoms with E-state index < -0.39 is 0 Å². The molecule has 0 saturated heterocycles. The van der Waals surface area contributed by atoms with Crippen molar-refractivity contribution >= 4 is 51.8 Å². The fourth-order valence-corrected chi connectivity index (χ4v) is 5.09. The van der Waals surface area contributed by atoms with Gasteiger partial charge >= 0.3 is 0 Å². The van der Waals surface area contributed by atoms with Gasteiger partial charge in [0.1, 0.15) is 35.9 Å². The normalized spacial score (nSPS) is 16.0. The van der Waals surface area contributed by atoms with Crippen molar-refractivity contribution in [1.29, 1.82) is 5.41 Å². The Kier molecular flexibility index (Phi) is 9.06. The number of amidine groups is 1. The number of nitrogens with one attached hydrogen (secondary N) is 3. The van der Waals surface area contributed by atoms with E-state index in [1.807, 2.05) is 53.4 Å². The average Bonchev–Trinajstić information content (AvgIpc) is 3.28. The first-order chi connectivity index (χ1) is 17.9. The molecule has 3 aromatic rings. The topological polar surface area (TPSA) is 116 Å². The lowest BCUT2D eigenvalue weighted by molar-refractivity contribution is -0.461. The van der Waals surface area contributed by atoms with E-state index in [2.05, 4.69) is 68.2 Å². The molecular weight excluding hydrogens is 579 g/mol. The Bertz CT molecular complexity index is 1340. The number of halogens is 1. The maximum atomic E-state index is 7.16. The highest BCUT2D eigenvalue weighted by Gasteiger charge is 2.18. The van der Waals surface area contributed by atoms with Gasteiger partial charge < -0.3 is 15.4 Å². The van der Waals surface area contributed by atoms with Gasteiger partial charge in [0.05, 0.1) is 6.08 Å². The number of hydrogen-bond acceptors (Lipinski definition) is 6. The van der Waals surface area contributed by atoms with Crippen LogP contribution in [0.3, 0.4) is 0 Å². The summed E-state index contributed by atoms with van der Waals surface area (Å²) in [6.07, 6.45) is 13.7. The van der Waals surface area contributed by atoms with Crippen LogP contribution in [0.1, 0.15) is 44.2 Å². The van der Waals surface area contributed by atoms with Gasteiger partial charge in [-0.3, -0.25) is 10.7 Å². The van der Waals surface area contributed by atoms with Crippen molar-refractivity contribution in [2.45, 2.75) is 50.0 Å². The molecule has 37 heavy (non-hydrogen) atoms. The second-order valence-corrected chi connectivity index (χ2v) is 11.9. The Labute approximate surface area is 231 Å². The van der Waals surface area contributed by atoms with Gasteiger partial charge in [-0.25, -0.2) is 9.50 Å². The van der Waals surface area contributed by atoms with Crippen molar-refractivity contribution < 1.29 is 10.1 Å². The number of ether oxygens (including phenoxy) is 1. The van der Waals surface area contributed by atoms with Crippen molar-refractivity contribution in [2.75, 3.05) is 11.9 Å². The molecule has 1 aromatic carbocycles. The minimum absolute atomic E-state index is 0.324. The zero-order valence-corrected chi connectivity index (χ0v) is 23.6. The number of allylic oxidation sites excluding steroid dienone is 1. The number of rotatable bonds is 12. The number of quaternary nitrogens is 1. The first-order valence-electron chi connectivity index (χ1n) is 12.4. The number of aliphatic imine (C=N–C) groups is 1. The molecule has 2 aromatic heterocycles. The molecule has 1 unspecified atom stereocenters. The predicted molar refractivity (Wildman–Crippen MR) is 157 cm³/mol. The second kappa shape index (κ2) is 12.4. The number of anilines is 2. The molecule has 0 bridgehead atoms. The fraction of sp³-hybridized carbons (Fsp3) is 0.333. The van der Waals surface area contributed by atoms with Crippen LogP contribution in [0.5, 0.6) is 5.75 Å². The van der Waals surface area contributed by atoms with Crippen molar-refractivity contribution in [3.05, 3.63) is 72.0 Å². The Morgan fingerprint density at radius 3 is 2.95 bits per heavy atom. The Hall–Kier alpha value is -3.09. The van der Waals surface area contributed by atoms with E-state index in [9.17, 15) is 0 Å². The Morgan fingerprint density at radius 1 is 1.30 bits per heavy atom. The Balaban J connectivity index is 1.45. The first-order valence-corrected chi connectivity index (χ1v) is 13.5. The van der Waals surface area contributed by atoms with Crippen LogP contribution in [0.15, 0.2) is 65.9 Å². The van der Waals surface area contributed by atoms with Crippen LogP contribution < -0.4 is 20.7 Å². The summed E-state index contributed by atoms with van der Waals surface area (Å²) in [6, 6.07) is 8.05. The van der Waals surface area contributed by atoms with Crippen LogP contribution in [0.4, 0.5) is 11.5 Å². The fourth-order valence-electron chi connectivity index (χ4n) is 4.28. The summed E-state index contributed by atoms with van der Waals surface area (Å²) in [6.45, 7) is 8.29. The summed E-state index contributed by atoms with van der Waals surface area (Å²) < 4.78 is 8.26. The molecule has 1 aliphatic rings. The van der Waals surface area contributed by atoms with E-state index in [-0.39, 0.29) is 0 Å². The second-order valence-electron chi connectivity index (χ2n) is 9.30. The minimum atomic E-state index is 0.324. The smallest absolute Gasteiger partial charge is 0.234 e. The Morgan fingerprint density at radius 2 is 2.16 bits per heavy atom. The van der Waals surface area contributed by atoms with Crippen LogP contribution in [-0.4, -0.2) is 36.7 Å². The molecule has 0 aliphatic carbocycles. The monoisotopic (exact) mass is 613 g/mol. The standard InChI is InChI=1S/C27H33IN8O/c1-4-9-27(3,28)10-12-30-16-20-8-13-36-25(20)26(33-18-34-36)35-21-5-6-23(19(2)14-21)37-22-7-11-31-24(15-22)32-17-29/h5-8,11,13-15,17-18,30H,4,9-10,12,16H2,1-3H3,(H2,29,31,32)(H,33,34,35)/p+1. The van der Waals surface area contributed by atoms with Crippen LogP contribution in [-0.2, 0) is 6.54 Å². The summed E-state index contributed by atoms with van der Waals surface area (Å²) in [5, 5.41) is 20.4. The summed E-state index contributed by atoms with van der Waals surface area (Å²) in [4.78, 5) is 8.54. The lowest BCUT2D eigenvalue weighted by Crippen LogP contribution is -2.82. The largest absolute Gasteiger partial charge is 0.457 e. The van der Waals surface area contributed by atoms with Crippen LogP contribution in [0.2, 0.25) is 0 Å². The molecule has 0 radical (unpaired) electrons. The van der Waals surface area contributed by atoms with Gasteiger partial charge in [0.2, 0.25) is 5.84 Å². The summed E-state index contributed by atoms with van der Waals surface area (Å²) >= 11 is 2.58. The average molecular weight is 614 g/mol.